The fraction of sp³-hybridized carbons (Fsp3) is 0.500. The highest BCUT2D eigenvalue weighted by Crippen LogP contribution is 2.17. The zero-order valence-corrected chi connectivity index (χ0v) is 14.6. The van der Waals surface area contributed by atoms with Crippen LogP contribution in [0, 0.1) is 0 Å². The average molecular weight is 343 g/mol. The van der Waals surface area contributed by atoms with Crippen LogP contribution in [-0.2, 0) is 0 Å². The number of nitrogens with zero attached hydrogens (tertiary/aromatic N) is 4. The first-order valence-corrected chi connectivity index (χ1v) is 8.91. The maximum absolute atomic E-state index is 12.3. The average Bonchev–Trinajstić information content (AvgIpc) is 3.20. The summed E-state index contributed by atoms with van der Waals surface area (Å²) in [5.41, 5.74) is 0. The molecule has 0 atom stereocenters. The number of hydrogen-bond acceptors (Lipinski definition) is 6. The van der Waals surface area contributed by atoms with Crippen LogP contribution in [-0.4, -0.2) is 53.5 Å². The number of nitrogens with one attached hydrogen (secondary N) is 1. The van der Waals surface area contributed by atoms with Crippen molar-refractivity contribution in [1.82, 2.24) is 14.9 Å². The third-order valence-electron chi connectivity index (χ3n) is 4.36. The summed E-state index contributed by atoms with van der Waals surface area (Å²) in [6.07, 6.45) is 6.69. The minimum absolute atomic E-state index is 0.0504. The minimum Gasteiger partial charge on any atom is -0.459 e. The van der Waals surface area contributed by atoms with E-state index >= 15 is 0 Å². The molecule has 3 heterocycles. The van der Waals surface area contributed by atoms with Gasteiger partial charge in [0.15, 0.2) is 5.76 Å². The van der Waals surface area contributed by atoms with Crippen molar-refractivity contribution in [3.05, 3.63) is 36.5 Å². The Bertz CT molecular complexity index is 666. The smallest absolute Gasteiger partial charge is 0.289 e. The maximum atomic E-state index is 12.3. The molecule has 0 spiro atoms. The predicted octanol–water partition coefficient (Wildman–Crippen LogP) is 2.63. The normalized spacial score (nSPS) is 14.6. The molecule has 7 heteroatoms. The summed E-state index contributed by atoms with van der Waals surface area (Å²) in [5, 5.41) is 3.35. The van der Waals surface area contributed by atoms with Gasteiger partial charge in [0.2, 0.25) is 0 Å². The molecule has 3 rings (SSSR count). The van der Waals surface area contributed by atoms with Gasteiger partial charge in [-0.25, -0.2) is 9.97 Å². The number of unbranched alkanes of at least 4 members (excludes halogenated alkanes) is 2. The highest BCUT2D eigenvalue weighted by molar-refractivity contribution is 5.91. The van der Waals surface area contributed by atoms with E-state index in [1.807, 2.05) is 11.0 Å². The third-order valence-corrected chi connectivity index (χ3v) is 4.36. The van der Waals surface area contributed by atoms with E-state index in [1.165, 1.54) is 19.1 Å². The van der Waals surface area contributed by atoms with E-state index in [1.54, 1.807) is 18.5 Å². The van der Waals surface area contributed by atoms with Gasteiger partial charge < -0.3 is 19.5 Å². The van der Waals surface area contributed by atoms with Gasteiger partial charge in [0.1, 0.15) is 18.0 Å². The Balaban J connectivity index is 1.53. The third kappa shape index (κ3) is 4.49. The number of furan rings is 1. The summed E-state index contributed by atoms with van der Waals surface area (Å²) >= 11 is 0. The summed E-state index contributed by atoms with van der Waals surface area (Å²) in [6.45, 7) is 5.93. The molecule has 1 N–H and O–H groups in total. The number of hydrogen-bond donors (Lipinski definition) is 1. The Morgan fingerprint density at radius 3 is 2.80 bits per heavy atom. The number of piperazine rings is 1. The van der Waals surface area contributed by atoms with Crippen LogP contribution in [0.4, 0.5) is 11.6 Å². The van der Waals surface area contributed by atoms with Crippen molar-refractivity contribution in [1.29, 1.82) is 0 Å². The molecule has 0 aliphatic carbocycles. The van der Waals surface area contributed by atoms with Gasteiger partial charge >= 0.3 is 0 Å². The van der Waals surface area contributed by atoms with E-state index in [0.29, 0.717) is 18.8 Å². The highest BCUT2D eigenvalue weighted by Gasteiger charge is 2.24. The van der Waals surface area contributed by atoms with Crippen molar-refractivity contribution in [3.8, 4) is 0 Å². The van der Waals surface area contributed by atoms with Crippen molar-refractivity contribution in [2.75, 3.05) is 42.9 Å². The lowest BCUT2D eigenvalue weighted by atomic mass is 10.2. The molecule has 1 saturated heterocycles. The van der Waals surface area contributed by atoms with Crippen LogP contribution in [0.2, 0.25) is 0 Å². The Hall–Kier alpha value is -2.57. The standard InChI is InChI=1S/C18H25N5O2/c1-2-3-4-7-19-16-13-17(21-14-20-16)22-8-10-23(11-9-22)18(24)15-6-5-12-25-15/h5-6,12-14H,2-4,7-11H2,1H3,(H,19,20,21). The van der Waals surface area contributed by atoms with Crippen molar-refractivity contribution in [3.63, 3.8) is 0 Å². The molecule has 0 radical (unpaired) electrons. The molecule has 2 aromatic heterocycles. The maximum Gasteiger partial charge on any atom is 0.289 e. The first kappa shape index (κ1) is 17.3. The van der Waals surface area contributed by atoms with Crippen molar-refractivity contribution in [2.24, 2.45) is 0 Å². The van der Waals surface area contributed by atoms with Crippen molar-refractivity contribution in [2.45, 2.75) is 26.2 Å². The zero-order chi connectivity index (χ0) is 17.5. The van der Waals surface area contributed by atoms with E-state index in [9.17, 15) is 4.79 Å². The van der Waals surface area contributed by atoms with Crippen LogP contribution < -0.4 is 10.2 Å². The molecule has 25 heavy (non-hydrogen) atoms. The molecule has 0 saturated carbocycles. The molecular formula is C18H25N5O2. The first-order valence-electron chi connectivity index (χ1n) is 8.91. The molecule has 1 aliphatic heterocycles. The lowest BCUT2D eigenvalue weighted by molar-refractivity contribution is 0.0714. The van der Waals surface area contributed by atoms with Gasteiger partial charge in [0, 0.05) is 38.8 Å². The van der Waals surface area contributed by atoms with E-state index in [2.05, 4.69) is 27.1 Å². The van der Waals surface area contributed by atoms with Gasteiger partial charge in [-0.05, 0) is 18.6 Å². The van der Waals surface area contributed by atoms with Crippen LogP contribution >= 0.6 is 0 Å². The summed E-state index contributed by atoms with van der Waals surface area (Å²) in [7, 11) is 0. The summed E-state index contributed by atoms with van der Waals surface area (Å²) in [4.78, 5) is 25.0. The molecular weight excluding hydrogens is 318 g/mol. The number of carbonyl (C=O) groups excluding carboxylic acids is 1. The summed E-state index contributed by atoms with van der Waals surface area (Å²) in [6, 6.07) is 5.42. The lowest BCUT2D eigenvalue weighted by Crippen LogP contribution is -2.49. The minimum atomic E-state index is -0.0504. The van der Waals surface area contributed by atoms with Gasteiger partial charge in [0.05, 0.1) is 6.26 Å². The molecule has 0 aromatic carbocycles. The predicted molar refractivity (Wildman–Crippen MR) is 96.9 cm³/mol. The van der Waals surface area contributed by atoms with Crippen LogP contribution in [0.15, 0.2) is 35.2 Å². The Morgan fingerprint density at radius 1 is 1.24 bits per heavy atom. The Kier molecular flexibility index (Phi) is 5.87. The Labute approximate surface area is 148 Å². The van der Waals surface area contributed by atoms with Crippen LogP contribution in [0.3, 0.4) is 0 Å². The fourth-order valence-electron chi connectivity index (χ4n) is 2.90. The first-order chi connectivity index (χ1) is 12.3. The van der Waals surface area contributed by atoms with E-state index in [-0.39, 0.29) is 5.91 Å². The second kappa shape index (κ2) is 8.50. The summed E-state index contributed by atoms with van der Waals surface area (Å²) in [5.74, 6) is 2.10. The quantitative estimate of drug-likeness (QED) is 0.779. The number of aromatic nitrogens is 2. The van der Waals surface area contributed by atoms with Crippen molar-refractivity contribution >= 4 is 17.5 Å². The van der Waals surface area contributed by atoms with Gasteiger partial charge in [-0.2, -0.15) is 0 Å². The second-order valence-corrected chi connectivity index (χ2v) is 6.15. The molecule has 2 aromatic rings. The van der Waals surface area contributed by atoms with Crippen molar-refractivity contribution < 1.29 is 9.21 Å². The van der Waals surface area contributed by atoms with Gasteiger partial charge in [-0.15, -0.1) is 0 Å². The molecule has 1 aliphatic rings. The van der Waals surface area contributed by atoms with E-state index in [0.717, 1.165) is 37.7 Å². The second-order valence-electron chi connectivity index (χ2n) is 6.15. The summed E-state index contributed by atoms with van der Waals surface area (Å²) < 4.78 is 5.20. The van der Waals surface area contributed by atoms with Gasteiger partial charge in [0.25, 0.3) is 5.91 Å². The zero-order valence-electron chi connectivity index (χ0n) is 14.6. The Morgan fingerprint density at radius 2 is 2.08 bits per heavy atom. The molecule has 134 valence electrons. The SMILES string of the molecule is CCCCCNc1cc(N2CCN(C(=O)c3ccco3)CC2)ncn1. The van der Waals surface area contributed by atoms with Crippen LogP contribution in [0.1, 0.15) is 36.7 Å². The molecule has 7 nitrogen and oxygen atoms in total. The molecule has 1 amide bonds. The highest BCUT2D eigenvalue weighted by atomic mass is 16.3. The number of rotatable bonds is 7. The van der Waals surface area contributed by atoms with Gasteiger partial charge in [-0.3, -0.25) is 4.79 Å². The van der Waals surface area contributed by atoms with E-state index < -0.39 is 0 Å². The molecule has 0 unspecified atom stereocenters. The van der Waals surface area contributed by atoms with Gasteiger partial charge in [-0.1, -0.05) is 19.8 Å². The number of carbonyl (C=O) groups is 1. The van der Waals surface area contributed by atoms with Crippen LogP contribution in [0.25, 0.3) is 0 Å². The monoisotopic (exact) mass is 343 g/mol. The lowest BCUT2D eigenvalue weighted by Gasteiger charge is -2.35. The van der Waals surface area contributed by atoms with Crippen LogP contribution in [0.5, 0.6) is 0 Å². The fourth-order valence-corrected chi connectivity index (χ4v) is 2.90. The number of amides is 1. The largest absolute Gasteiger partial charge is 0.459 e. The molecule has 1 fully saturated rings. The number of anilines is 2. The molecule has 0 bridgehead atoms. The topological polar surface area (TPSA) is 74.5 Å². The van der Waals surface area contributed by atoms with E-state index in [4.69, 9.17) is 4.42 Å².